The van der Waals surface area contributed by atoms with Gasteiger partial charge in [0, 0.05) is 35.6 Å². The van der Waals surface area contributed by atoms with E-state index in [1.54, 1.807) is 6.07 Å². The van der Waals surface area contributed by atoms with Gasteiger partial charge in [0.1, 0.15) is 6.29 Å². The fourth-order valence-corrected chi connectivity index (χ4v) is 2.71. The number of aldehydes is 1. The average Bonchev–Trinajstić information content (AvgIpc) is 2.61. The van der Waals surface area contributed by atoms with Crippen molar-refractivity contribution in [1.29, 1.82) is 0 Å². The number of rotatable bonds is 8. The summed E-state index contributed by atoms with van der Waals surface area (Å²) in [6.07, 6.45) is 0.454. The minimum atomic E-state index is -0.750. The van der Waals surface area contributed by atoms with Crippen molar-refractivity contribution in [3.05, 3.63) is 83.9 Å². The molecular weight excluding hydrogens is 346 g/mol. The zero-order valence-corrected chi connectivity index (χ0v) is 13.3. The maximum atomic E-state index is 11.3. The maximum absolute atomic E-state index is 11.3. The lowest BCUT2D eigenvalue weighted by molar-refractivity contribution is -0.394. The lowest BCUT2D eigenvalue weighted by Gasteiger charge is -2.15. The maximum Gasteiger partial charge on any atom is 0.279 e. The van der Waals surface area contributed by atoms with Crippen LogP contribution in [0.2, 0.25) is 0 Å². The van der Waals surface area contributed by atoms with Crippen molar-refractivity contribution in [2.75, 3.05) is 0 Å². The molecule has 0 saturated heterocycles. The van der Waals surface area contributed by atoms with E-state index >= 15 is 0 Å². The van der Waals surface area contributed by atoms with Gasteiger partial charge in [-0.1, -0.05) is 18.2 Å². The van der Waals surface area contributed by atoms with E-state index in [0.29, 0.717) is 6.29 Å². The van der Waals surface area contributed by atoms with E-state index in [0.717, 1.165) is 12.1 Å². The fraction of sp³-hybridized carbons (Fsp3) is 0.188. The molecule has 134 valence electrons. The second kappa shape index (κ2) is 7.92. The van der Waals surface area contributed by atoms with Gasteiger partial charge in [-0.05, 0) is 12.5 Å². The second-order valence-corrected chi connectivity index (χ2v) is 5.45. The highest BCUT2D eigenvalue weighted by Crippen LogP contribution is 2.34. The third kappa shape index (κ3) is 4.04. The zero-order chi connectivity index (χ0) is 19.3. The van der Waals surface area contributed by atoms with Crippen LogP contribution in [0, 0.1) is 30.3 Å². The summed E-state index contributed by atoms with van der Waals surface area (Å²) in [5, 5.41) is 33.3. The summed E-state index contributed by atoms with van der Waals surface area (Å²) in [5.41, 5.74) is -0.654. The number of hydrogen-bond donors (Lipinski definition) is 0. The normalized spacial score (nSPS) is 11.5. The molecule has 0 fully saturated rings. The van der Waals surface area contributed by atoms with E-state index in [1.807, 2.05) is 0 Å². The van der Waals surface area contributed by atoms with Crippen molar-refractivity contribution in [1.82, 2.24) is 0 Å². The van der Waals surface area contributed by atoms with Crippen LogP contribution in [-0.2, 0) is 11.2 Å². The molecule has 0 heterocycles. The monoisotopic (exact) mass is 359 g/mol. The van der Waals surface area contributed by atoms with Gasteiger partial charge in [-0.2, -0.15) is 0 Å². The summed E-state index contributed by atoms with van der Waals surface area (Å²) in [7, 11) is 0. The van der Waals surface area contributed by atoms with Crippen LogP contribution in [0.25, 0.3) is 0 Å². The first kappa shape index (κ1) is 18.6. The highest BCUT2D eigenvalue weighted by atomic mass is 16.6. The van der Waals surface area contributed by atoms with Gasteiger partial charge in [-0.25, -0.2) is 0 Å². The number of para-hydroxylation sites is 1. The molecule has 0 unspecified atom stereocenters. The lowest BCUT2D eigenvalue weighted by Crippen LogP contribution is -2.09. The van der Waals surface area contributed by atoms with Crippen molar-refractivity contribution in [2.45, 2.75) is 18.8 Å². The van der Waals surface area contributed by atoms with Gasteiger partial charge in [-0.15, -0.1) is 0 Å². The smallest absolute Gasteiger partial charge is 0.279 e. The number of nitro groups is 3. The number of nitrogens with zero attached hydrogens (tertiary/aromatic N) is 3. The van der Waals surface area contributed by atoms with Crippen LogP contribution in [0.5, 0.6) is 0 Å². The van der Waals surface area contributed by atoms with Crippen LogP contribution >= 0.6 is 0 Å². The third-order valence-corrected chi connectivity index (χ3v) is 3.90. The molecule has 0 amide bonds. The molecule has 0 aromatic heterocycles. The Balaban J connectivity index is 2.49. The Kier molecular flexibility index (Phi) is 5.68. The van der Waals surface area contributed by atoms with E-state index in [9.17, 15) is 35.1 Å². The fourth-order valence-electron chi connectivity index (χ4n) is 2.71. The van der Waals surface area contributed by atoms with Gasteiger partial charge in [0.25, 0.3) is 17.1 Å². The minimum absolute atomic E-state index is 0.0437. The van der Waals surface area contributed by atoms with Crippen LogP contribution in [-0.4, -0.2) is 21.1 Å². The summed E-state index contributed by atoms with van der Waals surface area (Å²) < 4.78 is 0. The lowest BCUT2D eigenvalue weighted by atomic mass is 9.88. The van der Waals surface area contributed by atoms with Crippen LogP contribution in [0.4, 0.5) is 17.1 Å². The molecule has 1 atom stereocenters. The van der Waals surface area contributed by atoms with E-state index in [-0.39, 0.29) is 29.7 Å². The molecule has 0 N–H and O–H groups in total. The van der Waals surface area contributed by atoms with E-state index in [1.165, 1.54) is 24.3 Å². The molecule has 2 rings (SSSR count). The molecule has 2 aromatic rings. The van der Waals surface area contributed by atoms with Gasteiger partial charge < -0.3 is 4.79 Å². The molecule has 10 nitrogen and oxygen atoms in total. The average molecular weight is 359 g/mol. The van der Waals surface area contributed by atoms with Crippen LogP contribution in [0.15, 0.2) is 42.5 Å². The van der Waals surface area contributed by atoms with E-state index in [2.05, 4.69) is 0 Å². The van der Waals surface area contributed by atoms with Crippen molar-refractivity contribution in [3.8, 4) is 0 Å². The Bertz CT molecular complexity index is 882. The summed E-state index contributed by atoms with van der Waals surface area (Å²) in [5.74, 6) is -0.672. The summed E-state index contributed by atoms with van der Waals surface area (Å²) in [4.78, 5) is 42.2. The number of hydrogen-bond acceptors (Lipinski definition) is 7. The first-order valence-corrected chi connectivity index (χ1v) is 7.43. The number of carbonyl (C=O) groups is 1. The molecule has 10 heteroatoms. The van der Waals surface area contributed by atoms with Crippen LogP contribution in [0.1, 0.15) is 23.5 Å². The zero-order valence-electron chi connectivity index (χ0n) is 13.3. The Morgan fingerprint density at radius 2 is 1.54 bits per heavy atom. The van der Waals surface area contributed by atoms with Crippen LogP contribution in [0.3, 0.4) is 0 Å². The molecule has 0 saturated carbocycles. The Morgan fingerprint density at radius 1 is 0.885 bits per heavy atom. The molecule has 0 bridgehead atoms. The van der Waals surface area contributed by atoms with Crippen LogP contribution < -0.4 is 0 Å². The molecule has 0 aliphatic heterocycles. The SMILES string of the molecule is O=CC[C@H](Cc1ccc([N+](=O)[O-])cc1[N+](=O)[O-])c1ccccc1[N+](=O)[O-]. The van der Waals surface area contributed by atoms with E-state index < -0.39 is 32.1 Å². The largest absolute Gasteiger partial charge is 0.303 e. The van der Waals surface area contributed by atoms with Gasteiger partial charge >= 0.3 is 0 Å². The first-order valence-electron chi connectivity index (χ1n) is 7.43. The quantitative estimate of drug-likeness (QED) is 0.399. The summed E-state index contributed by atoms with van der Waals surface area (Å²) in [6, 6.07) is 9.04. The molecule has 0 spiro atoms. The van der Waals surface area contributed by atoms with Crippen molar-refractivity contribution in [3.63, 3.8) is 0 Å². The standard InChI is InChI=1S/C16H13N3O7/c20-8-7-11(14-3-1-2-4-15(14)18(23)24)9-12-5-6-13(17(21)22)10-16(12)19(25)26/h1-6,8,10-11H,7,9H2/t11-/m1/s1. The number of benzene rings is 2. The second-order valence-electron chi connectivity index (χ2n) is 5.45. The number of nitro benzene ring substituents is 3. The molecule has 0 aliphatic rings. The highest BCUT2D eigenvalue weighted by molar-refractivity contribution is 5.56. The Hall–Kier alpha value is -3.69. The number of non-ortho nitro benzene ring substituents is 1. The van der Waals surface area contributed by atoms with Crippen molar-refractivity contribution < 1.29 is 19.6 Å². The molecule has 2 aromatic carbocycles. The van der Waals surface area contributed by atoms with Gasteiger partial charge in [0.15, 0.2) is 0 Å². The predicted octanol–water partition coefficient (Wildman–Crippen LogP) is 3.33. The summed E-state index contributed by atoms with van der Waals surface area (Å²) in [6.45, 7) is 0. The Morgan fingerprint density at radius 3 is 2.12 bits per heavy atom. The molecule has 0 aliphatic carbocycles. The van der Waals surface area contributed by atoms with Gasteiger partial charge in [0.2, 0.25) is 0 Å². The van der Waals surface area contributed by atoms with Crippen molar-refractivity contribution in [2.24, 2.45) is 0 Å². The molecule has 26 heavy (non-hydrogen) atoms. The summed E-state index contributed by atoms with van der Waals surface area (Å²) >= 11 is 0. The molecule has 0 radical (unpaired) electrons. The van der Waals surface area contributed by atoms with Crippen molar-refractivity contribution >= 4 is 23.3 Å². The molecular formula is C16H13N3O7. The Labute approximate surface area is 146 Å². The van der Waals surface area contributed by atoms with E-state index in [4.69, 9.17) is 0 Å². The third-order valence-electron chi connectivity index (χ3n) is 3.90. The minimum Gasteiger partial charge on any atom is -0.303 e. The number of carbonyl (C=O) groups excluding carboxylic acids is 1. The topological polar surface area (TPSA) is 146 Å². The first-order chi connectivity index (χ1) is 12.3. The highest BCUT2D eigenvalue weighted by Gasteiger charge is 2.26. The van der Waals surface area contributed by atoms with Gasteiger partial charge in [0.05, 0.1) is 20.8 Å². The predicted molar refractivity (Wildman–Crippen MR) is 90.0 cm³/mol. The van der Waals surface area contributed by atoms with Gasteiger partial charge in [-0.3, -0.25) is 30.3 Å².